The summed E-state index contributed by atoms with van der Waals surface area (Å²) in [5.41, 5.74) is 4.16. The number of carbonyl (C=O) groups is 2. The molecule has 3 aromatic carbocycles. The van der Waals surface area contributed by atoms with E-state index in [0.717, 1.165) is 46.9 Å². The third-order valence-corrected chi connectivity index (χ3v) is 6.26. The topological polar surface area (TPSA) is 91.7 Å². The van der Waals surface area contributed by atoms with E-state index in [9.17, 15) is 14.7 Å². The fourth-order valence-electron chi connectivity index (χ4n) is 4.54. The fourth-order valence-corrected chi connectivity index (χ4v) is 4.54. The van der Waals surface area contributed by atoms with E-state index in [4.69, 9.17) is 9.47 Å². The van der Waals surface area contributed by atoms with Crippen molar-refractivity contribution in [3.63, 3.8) is 0 Å². The van der Waals surface area contributed by atoms with E-state index < -0.39 is 11.9 Å². The van der Waals surface area contributed by atoms with Crippen LogP contribution in [-0.4, -0.2) is 43.5 Å². The Labute approximate surface area is 208 Å². The van der Waals surface area contributed by atoms with Gasteiger partial charge in [-0.05, 0) is 54.3 Å². The second kappa shape index (κ2) is 9.58. The molecule has 0 bridgehead atoms. The van der Waals surface area contributed by atoms with Crippen LogP contribution in [0.1, 0.15) is 17.5 Å². The minimum Gasteiger partial charge on any atom is -0.497 e. The number of ether oxygens (including phenoxy) is 2. The summed E-state index contributed by atoms with van der Waals surface area (Å²) in [5.74, 6) is -0.298. The Morgan fingerprint density at radius 3 is 2.36 bits per heavy atom. The summed E-state index contributed by atoms with van der Waals surface area (Å²) in [5, 5.41) is 14.9. The summed E-state index contributed by atoms with van der Waals surface area (Å²) in [6, 6.07) is 20.5. The minimum atomic E-state index is -1.25. The van der Waals surface area contributed by atoms with Crippen LogP contribution >= 0.6 is 0 Å². The molecule has 5 rings (SSSR count). The zero-order valence-corrected chi connectivity index (χ0v) is 20.0. The first-order valence-corrected chi connectivity index (χ1v) is 11.6. The lowest BCUT2D eigenvalue weighted by molar-refractivity contribution is -0.129. The van der Waals surface area contributed by atoms with Crippen molar-refractivity contribution in [2.45, 2.75) is 12.8 Å². The number of nitrogens with zero attached hydrogens (tertiary/aromatic N) is 3. The van der Waals surface area contributed by atoms with Crippen LogP contribution in [0.2, 0.25) is 0 Å². The Bertz CT molecular complexity index is 1380. The van der Waals surface area contributed by atoms with Crippen LogP contribution in [-0.2, 0) is 16.0 Å². The average Bonchev–Trinajstić information content (AvgIpc) is 3.24. The van der Waals surface area contributed by atoms with Gasteiger partial charge in [-0.25, -0.2) is 4.79 Å². The van der Waals surface area contributed by atoms with Crippen LogP contribution in [0.5, 0.6) is 11.5 Å². The maximum atomic E-state index is 13.1. The Kier molecular flexibility index (Phi) is 6.16. The van der Waals surface area contributed by atoms with Crippen molar-refractivity contribution in [3.05, 3.63) is 83.4 Å². The molecule has 0 unspecified atom stereocenters. The lowest BCUT2D eigenvalue weighted by Crippen LogP contribution is -2.24. The number of anilines is 3. The van der Waals surface area contributed by atoms with Crippen molar-refractivity contribution < 1.29 is 24.2 Å². The number of benzene rings is 3. The summed E-state index contributed by atoms with van der Waals surface area (Å²) >= 11 is 0. The molecule has 0 atom stereocenters. The summed E-state index contributed by atoms with van der Waals surface area (Å²) < 4.78 is 10.9. The molecule has 1 amide bonds. The molecule has 2 heterocycles. The van der Waals surface area contributed by atoms with E-state index in [1.54, 1.807) is 44.6 Å². The third-order valence-electron chi connectivity index (χ3n) is 6.26. The first-order valence-electron chi connectivity index (χ1n) is 11.6. The molecule has 0 spiro atoms. The van der Waals surface area contributed by atoms with E-state index >= 15 is 0 Å². The van der Waals surface area contributed by atoms with Gasteiger partial charge in [0.25, 0.3) is 5.91 Å². The average molecular weight is 484 g/mol. The Morgan fingerprint density at radius 1 is 0.972 bits per heavy atom. The van der Waals surface area contributed by atoms with Gasteiger partial charge < -0.3 is 19.5 Å². The van der Waals surface area contributed by atoms with Gasteiger partial charge in [-0.15, -0.1) is 0 Å². The number of para-hydroxylation sites is 1. The Balaban J connectivity index is 1.50. The fraction of sp³-hybridized carbons (Fsp3) is 0.179. The highest BCUT2D eigenvalue weighted by Crippen LogP contribution is 2.38. The first-order chi connectivity index (χ1) is 17.5. The number of fused-ring (bicyclic) bond motifs is 1. The highest BCUT2D eigenvalue weighted by Gasteiger charge is 2.35. The predicted octanol–water partition coefficient (Wildman–Crippen LogP) is 4.66. The number of carbonyl (C=O) groups excluding carboxylic acids is 1. The number of methoxy groups -OCH3 is 2. The van der Waals surface area contributed by atoms with Crippen molar-refractivity contribution >= 4 is 40.7 Å². The van der Waals surface area contributed by atoms with E-state index in [1.807, 2.05) is 42.5 Å². The van der Waals surface area contributed by atoms with Crippen molar-refractivity contribution in [1.82, 2.24) is 0 Å². The van der Waals surface area contributed by atoms with Crippen LogP contribution < -0.4 is 19.4 Å². The smallest absolute Gasteiger partial charge is 0.357 e. The number of hydrazone groups is 1. The molecule has 0 aromatic heterocycles. The monoisotopic (exact) mass is 483 g/mol. The van der Waals surface area contributed by atoms with Gasteiger partial charge in [0.15, 0.2) is 5.71 Å². The van der Waals surface area contributed by atoms with Gasteiger partial charge in [-0.1, -0.05) is 24.3 Å². The number of hydrogen-bond donors (Lipinski definition) is 1. The molecule has 8 heteroatoms. The largest absolute Gasteiger partial charge is 0.497 e. The molecule has 36 heavy (non-hydrogen) atoms. The van der Waals surface area contributed by atoms with Crippen LogP contribution in [0.25, 0.3) is 6.08 Å². The van der Waals surface area contributed by atoms with Crippen LogP contribution in [0.15, 0.2) is 77.4 Å². The second-order valence-corrected chi connectivity index (χ2v) is 8.48. The van der Waals surface area contributed by atoms with E-state index in [1.165, 1.54) is 0 Å². The van der Waals surface area contributed by atoms with Gasteiger partial charge in [-0.2, -0.15) is 10.1 Å². The van der Waals surface area contributed by atoms with E-state index in [0.29, 0.717) is 17.2 Å². The summed E-state index contributed by atoms with van der Waals surface area (Å²) in [6.07, 6.45) is 3.41. The van der Waals surface area contributed by atoms with Gasteiger partial charge >= 0.3 is 5.97 Å². The molecular weight excluding hydrogens is 458 g/mol. The van der Waals surface area contributed by atoms with Gasteiger partial charge in [0.05, 0.1) is 25.5 Å². The molecule has 2 aliphatic heterocycles. The first kappa shape index (κ1) is 23.2. The summed E-state index contributed by atoms with van der Waals surface area (Å²) in [6.45, 7) is 0.837. The van der Waals surface area contributed by atoms with Crippen LogP contribution in [0.3, 0.4) is 0 Å². The standard InChI is InChI=1S/C28H25N3O5/c1-35-22-15-21(16-23(17-22)36-2)30-12-6-7-19-13-18(10-11-25(19)30)14-24-26(28(33)34)29-31(27(24)32)20-8-4-3-5-9-20/h3-5,8-11,13-17H,6-7,12H2,1-2H3,(H,33,34). The van der Waals surface area contributed by atoms with E-state index in [-0.39, 0.29) is 11.3 Å². The Morgan fingerprint density at radius 2 is 1.69 bits per heavy atom. The quantitative estimate of drug-likeness (QED) is 0.513. The molecular formula is C28H25N3O5. The number of carboxylic acid groups (broad SMARTS) is 1. The van der Waals surface area contributed by atoms with E-state index in [2.05, 4.69) is 10.0 Å². The maximum absolute atomic E-state index is 13.1. The Hall–Kier alpha value is -4.59. The molecule has 2 aliphatic rings. The highest BCUT2D eigenvalue weighted by molar-refractivity contribution is 6.53. The molecule has 0 radical (unpaired) electrons. The minimum absolute atomic E-state index is 0.0523. The molecule has 0 saturated heterocycles. The molecule has 1 N–H and O–H groups in total. The van der Waals surface area contributed by atoms with Crippen molar-refractivity contribution in [2.24, 2.45) is 5.10 Å². The number of rotatable bonds is 6. The highest BCUT2D eigenvalue weighted by atomic mass is 16.5. The summed E-state index contributed by atoms with van der Waals surface area (Å²) in [4.78, 5) is 27.2. The van der Waals surface area contributed by atoms with Gasteiger partial charge in [0.2, 0.25) is 0 Å². The number of aliphatic carboxylic acids is 1. The van der Waals surface area contributed by atoms with Gasteiger partial charge in [0.1, 0.15) is 11.5 Å². The molecule has 0 saturated carbocycles. The lowest BCUT2D eigenvalue weighted by Gasteiger charge is -2.32. The SMILES string of the molecule is COc1cc(OC)cc(N2CCCc3cc(C=C4C(=O)N(c5ccccc5)N=C4C(=O)O)ccc32)c1. The summed E-state index contributed by atoms with van der Waals surface area (Å²) in [7, 11) is 3.25. The predicted molar refractivity (Wildman–Crippen MR) is 138 cm³/mol. The van der Waals surface area contributed by atoms with Crippen LogP contribution in [0.4, 0.5) is 17.1 Å². The van der Waals surface area contributed by atoms with Crippen LogP contribution in [0, 0.1) is 0 Å². The number of carboxylic acids is 1. The molecule has 0 fully saturated rings. The lowest BCUT2D eigenvalue weighted by atomic mass is 9.97. The van der Waals surface area contributed by atoms with Crippen molar-refractivity contribution in [2.75, 3.05) is 30.7 Å². The van der Waals surface area contributed by atoms with Crippen molar-refractivity contribution in [3.8, 4) is 11.5 Å². The molecule has 3 aromatic rings. The van der Waals surface area contributed by atoms with Gasteiger partial charge in [0, 0.05) is 36.1 Å². The number of amides is 1. The molecule has 0 aliphatic carbocycles. The molecule has 182 valence electrons. The number of aryl methyl sites for hydroxylation is 1. The maximum Gasteiger partial charge on any atom is 0.357 e. The normalized spacial score (nSPS) is 16.1. The van der Waals surface area contributed by atoms with Gasteiger partial charge in [-0.3, -0.25) is 4.79 Å². The van der Waals surface area contributed by atoms with Crippen molar-refractivity contribution in [1.29, 1.82) is 0 Å². The zero-order valence-electron chi connectivity index (χ0n) is 20.0. The third kappa shape index (κ3) is 4.29. The second-order valence-electron chi connectivity index (χ2n) is 8.48. The zero-order chi connectivity index (χ0) is 25.2. The molecule has 8 nitrogen and oxygen atoms in total. The number of hydrogen-bond acceptors (Lipinski definition) is 6.